The summed E-state index contributed by atoms with van der Waals surface area (Å²) in [6, 6.07) is 0.597. The zero-order valence-electron chi connectivity index (χ0n) is 8.48. The van der Waals surface area contributed by atoms with E-state index in [2.05, 4.69) is 30.3 Å². The van der Waals surface area contributed by atoms with Gasteiger partial charge in [0.15, 0.2) is 0 Å². The van der Waals surface area contributed by atoms with Gasteiger partial charge in [0.1, 0.15) is 0 Å². The maximum Gasteiger partial charge on any atom is 0.0340 e. The monoisotopic (exact) mass is 178 g/mol. The van der Waals surface area contributed by atoms with Crippen molar-refractivity contribution < 1.29 is 0 Å². The summed E-state index contributed by atoms with van der Waals surface area (Å²) in [5.74, 6) is 0. The molecule has 13 heavy (non-hydrogen) atoms. The zero-order valence-corrected chi connectivity index (χ0v) is 8.48. The van der Waals surface area contributed by atoms with E-state index in [0.717, 1.165) is 0 Å². The Morgan fingerprint density at radius 3 is 2.69 bits per heavy atom. The van der Waals surface area contributed by atoms with Crippen molar-refractivity contribution in [2.24, 2.45) is 0 Å². The number of piperidine rings is 1. The second-order valence-corrected chi connectivity index (χ2v) is 4.01. The van der Waals surface area contributed by atoms with Crippen molar-refractivity contribution in [3.8, 4) is 0 Å². The molecule has 2 heterocycles. The van der Waals surface area contributed by atoms with Gasteiger partial charge in [-0.25, -0.2) is 0 Å². The Morgan fingerprint density at radius 2 is 2.15 bits per heavy atom. The molecule has 0 radical (unpaired) electrons. The molecule has 2 heteroatoms. The molecule has 1 aromatic heterocycles. The molecule has 1 aliphatic heterocycles. The quantitative estimate of drug-likeness (QED) is 0.679. The first kappa shape index (κ1) is 8.82. The van der Waals surface area contributed by atoms with Crippen molar-refractivity contribution in [3.05, 3.63) is 23.0 Å². The maximum absolute atomic E-state index is 3.58. The van der Waals surface area contributed by atoms with Crippen LogP contribution in [0.1, 0.15) is 42.1 Å². The fraction of sp³-hybridized carbons (Fsp3) is 0.636. The Morgan fingerprint density at radius 1 is 1.31 bits per heavy atom. The maximum atomic E-state index is 3.58. The topological polar surface area (TPSA) is 27.8 Å². The summed E-state index contributed by atoms with van der Waals surface area (Å²) in [4.78, 5) is 3.29. The van der Waals surface area contributed by atoms with Gasteiger partial charge >= 0.3 is 0 Å². The summed E-state index contributed by atoms with van der Waals surface area (Å²) < 4.78 is 0. The minimum Gasteiger partial charge on any atom is -0.365 e. The van der Waals surface area contributed by atoms with Gasteiger partial charge < -0.3 is 10.3 Å². The van der Waals surface area contributed by atoms with E-state index in [0.29, 0.717) is 6.04 Å². The number of H-pyrrole nitrogens is 1. The third-order valence-corrected chi connectivity index (χ3v) is 2.99. The minimum absolute atomic E-state index is 0.597. The minimum atomic E-state index is 0.597. The van der Waals surface area contributed by atoms with E-state index in [1.807, 2.05) is 0 Å². The predicted molar refractivity (Wildman–Crippen MR) is 54.9 cm³/mol. The molecule has 0 bridgehead atoms. The Balaban J connectivity index is 2.22. The van der Waals surface area contributed by atoms with Gasteiger partial charge in [-0.2, -0.15) is 0 Å². The molecule has 1 aliphatic rings. The number of nitrogens with one attached hydrogen (secondary N) is 2. The van der Waals surface area contributed by atoms with Crippen LogP contribution in [0.25, 0.3) is 0 Å². The lowest BCUT2D eigenvalue weighted by atomic mass is 9.95. The lowest BCUT2D eigenvalue weighted by molar-refractivity contribution is 0.410. The molecule has 72 valence electrons. The van der Waals surface area contributed by atoms with Crippen molar-refractivity contribution in [3.63, 3.8) is 0 Å². The molecule has 2 nitrogen and oxygen atoms in total. The molecular weight excluding hydrogens is 160 g/mol. The normalized spacial score (nSPS) is 23.4. The second-order valence-electron chi connectivity index (χ2n) is 4.01. The van der Waals surface area contributed by atoms with Gasteiger partial charge in [0.25, 0.3) is 0 Å². The van der Waals surface area contributed by atoms with Gasteiger partial charge in [0, 0.05) is 17.9 Å². The van der Waals surface area contributed by atoms with Gasteiger partial charge in [-0.3, -0.25) is 0 Å². The molecule has 2 rings (SSSR count). The average molecular weight is 178 g/mol. The van der Waals surface area contributed by atoms with E-state index < -0.39 is 0 Å². The highest BCUT2D eigenvalue weighted by molar-refractivity contribution is 5.32. The molecule has 1 saturated heterocycles. The fourth-order valence-corrected chi connectivity index (χ4v) is 2.30. The number of rotatable bonds is 1. The van der Waals surface area contributed by atoms with Crippen molar-refractivity contribution in [2.75, 3.05) is 6.54 Å². The van der Waals surface area contributed by atoms with Crippen molar-refractivity contribution >= 4 is 0 Å². The van der Waals surface area contributed by atoms with Crippen LogP contribution >= 0.6 is 0 Å². The third-order valence-electron chi connectivity index (χ3n) is 2.99. The Hall–Kier alpha value is -0.760. The zero-order chi connectivity index (χ0) is 9.26. The highest BCUT2D eigenvalue weighted by atomic mass is 14.9. The van der Waals surface area contributed by atoms with Gasteiger partial charge in [-0.1, -0.05) is 6.42 Å². The average Bonchev–Trinajstić information content (AvgIpc) is 2.48. The van der Waals surface area contributed by atoms with Gasteiger partial charge in [-0.15, -0.1) is 0 Å². The summed E-state index contributed by atoms with van der Waals surface area (Å²) in [6.45, 7) is 5.53. The lowest BCUT2D eigenvalue weighted by Crippen LogP contribution is -2.27. The van der Waals surface area contributed by atoms with Gasteiger partial charge in [0.05, 0.1) is 0 Å². The predicted octanol–water partition coefficient (Wildman–Crippen LogP) is 2.45. The largest absolute Gasteiger partial charge is 0.365 e. The molecule has 1 atom stereocenters. The van der Waals surface area contributed by atoms with E-state index in [-0.39, 0.29) is 0 Å². The van der Waals surface area contributed by atoms with Crippen molar-refractivity contribution in [2.45, 2.75) is 39.2 Å². The standard InChI is InChI=1S/C11H18N2/c1-8-7-13-9(2)11(8)10-5-3-4-6-12-10/h7,10,12-13H,3-6H2,1-2H3. The van der Waals surface area contributed by atoms with Crippen LogP contribution in [-0.2, 0) is 0 Å². The smallest absolute Gasteiger partial charge is 0.0340 e. The van der Waals surface area contributed by atoms with Crippen LogP contribution in [0.5, 0.6) is 0 Å². The van der Waals surface area contributed by atoms with Crippen molar-refractivity contribution in [1.82, 2.24) is 10.3 Å². The molecule has 0 spiro atoms. The molecular formula is C11H18N2. The number of aromatic nitrogens is 1. The first-order valence-electron chi connectivity index (χ1n) is 5.17. The summed E-state index contributed by atoms with van der Waals surface area (Å²) in [5, 5.41) is 3.58. The molecule has 0 saturated carbocycles. The summed E-state index contributed by atoms with van der Waals surface area (Å²) in [5.41, 5.74) is 4.23. The summed E-state index contributed by atoms with van der Waals surface area (Å²) in [6.07, 6.45) is 6.10. The van der Waals surface area contributed by atoms with Crippen LogP contribution in [0.2, 0.25) is 0 Å². The first-order valence-corrected chi connectivity index (χ1v) is 5.17. The molecule has 1 aromatic rings. The summed E-state index contributed by atoms with van der Waals surface area (Å²) in [7, 11) is 0. The molecule has 1 fully saturated rings. The van der Waals surface area contributed by atoms with Gasteiger partial charge in [0.2, 0.25) is 0 Å². The lowest BCUT2D eigenvalue weighted by Gasteiger charge is -2.24. The molecule has 1 unspecified atom stereocenters. The Bertz CT molecular complexity index is 263. The molecule has 2 N–H and O–H groups in total. The summed E-state index contributed by atoms with van der Waals surface area (Å²) >= 11 is 0. The van der Waals surface area contributed by atoms with Crippen LogP contribution in [0, 0.1) is 13.8 Å². The van der Waals surface area contributed by atoms with Gasteiger partial charge in [-0.05, 0) is 44.4 Å². The molecule has 0 aromatic carbocycles. The third kappa shape index (κ3) is 1.63. The SMILES string of the molecule is Cc1c[nH]c(C)c1C1CCCCN1. The van der Waals surface area contributed by atoms with Crippen LogP contribution < -0.4 is 5.32 Å². The molecule has 0 amide bonds. The van der Waals surface area contributed by atoms with E-state index in [1.165, 1.54) is 42.6 Å². The first-order chi connectivity index (χ1) is 6.29. The Labute approximate surface area is 79.7 Å². The highest BCUT2D eigenvalue weighted by Gasteiger charge is 2.18. The van der Waals surface area contributed by atoms with E-state index in [4.69, 9.17) is 0 Å². The fourth-order valence-electron chi connectivity index (χ4n) is 2.30. The van der Waals surface area contributed by atoms with E-state index >= 15 is 0 Å². The highest BCUT2D eigenvalue weighted by Crippen LogP contribution is 2.27. The Kier molecular flexibility index (Phi) is 2.40. The van der Waals surface area contributed by atoms with Crippen LogP contribution in [0.4, 0.5) is 0 Å². The second kappa shape index (κ2) is 3.54. The number of hydrogen-bond donors (Lipinski definition) is 2. The van der Waals surface area contributed by atoms with E-state index in [1.54, 1.807) is 0 Å². The van der Waals surface area contributed by atoms with E-state index in [9.17, 15) is 0 Å². The number of hydrogen-bond acceptors (Lipinski definition) is 1. The van der Waals surface area contributed by atoms with Crippen LogP contribution in [-0.4, -0.2) is 11.5 Å². The van der Waals surface area contributed by atoms with Crippen LogP contribution in [0.15, 0.2) is 6.20 Å². The van der Waals surface area contributed by atoms with Crippen molar-refractivity contribution in [1.29, 1.82) is 0 Å². The van der Waals surface area contributed by atoms with Crippen LogP contribution in [0.3, 0.4) is 0 Å². The molecule has 0 aliphatic carbocycles. The number of aromatic amines is 1. The number of aryl methyl sites for hydroxylation is 2.